The van der Waals surface area contributed by atoms with Crippen LogP contribution in [0.4, 0.5) is 0 Å². The number of aryl methyl sites for hydroxylation is 1. The molecule has 2 aromatic rings. The molecule has 13 heteroatoms. The fourth-order valence-electron chi connectivity index (χ4n) is 5.22. The van der Waals surface area contributed by atoms with Crippen molar-refractivity contribution in [2.24, 2.45) is 4.99 Å². The molecule has 2 amide bonds. The van der Waals surface area contributed by atoms with E-state index >= 15 is 0 Å². The second kappa shape index (κ2) is 19.6. The normalized spacial score (nSPS) is 18.3. The summed E-state index contributed by atoms with van der Waals surface area (Å²) in [6.07, 6.45) is 1.64. The molecule has 4 atom stereocenters. The van der Waals surface area contributed by atoms with E-state index < -0.39 is 18.1 Å². The first-order chi connectivity index (χ1) is 22.2. The summed E-state index contributed by atoms with van der Waals surface area (Å²) >= 11 is 1.60. The molecule has 0 bridgehead atoms. The molecule has 254 valence electrons. The highest BCUT2D eigenvalue weighted by Gasteiger charge is 2.42. The van der Waals surface area contributed by atoms with Crippen LogP contribution >= 0.6 is 11.8 Å². The lowest BCUT2D eigenvalue weighted by atomic mass is 9.99. The molecule has 3 N–H and O–H groups in total. The molecule has 1 aromatic carbocycles. The summed E-state index contributed by atoms with van der Waals surface area (Å²) in [6.45, 7) is 12.7. The molecule has 0 spiro atoms. The van der Waals surface area contributed by atoms with Crippen LogP contribution < -0.4 is 10.6 Å². The number of nitrogens with zero attached hydrogens (tertiary/aromatic N) is 3. The Kier molecular flexibility index (Phi) is 15.9. The van der Waals surface area contributed by atoms with Gasteiger partial charge in [0.2, 0.25) is 11.8 Å². The number of aliphatic imine (C=N–C) groups is 1. The highest BCUT2D eigenvalue weighted by atomic mass is 32.2. The van der Waals surface area contributed by atoms with Crippen LogP contribution in [0.15, 0.2) is 45.5 Å². The van der Waals surface area contributed by atoms with Gasteiger partial charge in [-0.3, -0.25) is 14.6 Å². The van der Waals surface area contributed by atoms with E-state index in [9.17, 15) is 14.7 Å². The number of allylic oxidation sites excluding steroid dienone is 1. The lowest BCUT2D eigenvalue weighted by molar-refractivity contribution is -0.140. The van der Waals surface area contributed by atoms with Gasteiger partial charge in [0.05, 0.1) is 56.6 Å². The minimum atomic E-state index is -0.826. The Morgan fingerprint density at radius 1 is 1.15 bits per heavy atom. The lowest BCUT2D eigenvalue weighted by Gasteiger charge is -2.28. The number of hydrogen-bond acceptors (Lipinski definition) is 11. The maximum absolute atomic E-state index is 13.9. The van der Waals surface area contributed by atoms with Gasteiger partial charge in [0.1, 0.15) is 17.7 Å². The number of likely N-dealkylation sites (tertiary alicyclic amines) is 1. The SMILES string of the molecule is C=N/C(C)=C(\SC)c1ccc([C@H](C)NC(=O)[C@@H]2C[C@@H](O)CN2C(=O)C(CCOCCOCCOCCNC)c2cc(C)no2)cc1. The van der Waals surface area contributed by atoms with Gasteiger partial charge in [-0.2, -0.15) is 0 Å². The number of amides is 2. The highest BCUT2D eigenvalue weighted by molar-refractivity contribution is 8.07. The van der Waals surface area contributed by atoms with Crippen molar-refractivity contribution < 1.29 is 33.4 Å². The van der Waals surface area contributed by atoms with Crippen molar-refractivity contribution in [2.75, 3.05) is 66.0 Å². The average molecular weight is 660 g/mol. The number of carbonyl (C=O) groups excluding carboxylic acids is 2. The number of benzene rings is 1. The van der Waals surface area contributed by atoms with Gasteiger partial charge in [0.15, 0.2) is 0 Å². The topological polar surface area (TPSA) is 148 Å². The number of aliphatic hydroxyl groups excluding tert-OH is 1. The van der Waals surface area contributed by atoms with E-state index in [-0.39, 0.29) is 37.4 Å². The number of nitrogens with one attached hydrogen (secondary N) is 2. The number of aromatic nitrogens is 1. The lowest BCUT2D eigenvalue weighted by Crippen LogP contribution is -2.48. The molecule has 2 heterocycles. The smallest absolute Gasteiger partial charge is 0.243 e. The molecule has 46 heavy (non-hydrogen) atoms. The van der Waals surface area contributed by atoms with Crippen molar-refractivity contribution in [1.82, 2.24) is 20.7 Å². The van der Waals surface area contributed by atoms with Gasteiger partial charge in [0.25, 0.3) is 0 Å². The van der Waals surface area contributed by atoms with Gasteiger partial charge in [-0.15, -0.1) is 11.8 Å². The predicted molar refractivity (Wildman–Crippen MR) is 180 cm³/mol. The van der Waals surface area contributed by atoms with Crippen molar-refractivity contribution in [3.63, 3.8) is 0 Å². The number of aliphatic hydroxyl groups is 1. The van der Waals surface area contributed by atoms with Gasteiger partial charge in [-0.25, -0.2) is 0 Å². The number of rotatable bonds is 20. The molecule has 1 aliphatic rings. The molecule has 0 radical (unpaired) electrons. The van der Waals surface area contributed by atoms with Gasteiger partial charge in [-0.05, 0) is 58.3 Å². The Hall–Kier alpha value is -3.07. The third-order valence-corrected chi connectivity index (χ3v) is 8.68. The minimum absolute atomic E-state index is 0.0508. The van der Waals surface area contributed by atoms with Crippen molar-refractivity contribution >= 4 is 35.2 Å². The number of ether oxygens (including phenoxy) is 3. The molecule has 12 nitrogen and oxygen atoms in total. The fraction of sp³-hybridized carbons (Fsp3) is 0.576. The Morgan fingerprint density at radius 2 is 1.80 bits per heavy atom. The first-order valence-corrected chi connectivity index (χ1v) is 16.8. The van der Waals surface area contributed by atoms with Crippen LogP contribution in [0, 0.1) is 6.92 Å². The zero-order chi connectivity index (χ0) is 33.5. The maximum Gasteiger partial charge on any atom is 0.243 e. The van der Waals surface area contributed by atoms with Gasteiger partial charge < -0.3 is 39.4 Å². The van der Waals surface area contributed by atoms with Gasteiger partial charge in [0, 0.05) is 37.1 Å². The first kappa shape index (κ1) is 37.4. The van der Waals surface area contributed by atoms with Gasteiger partial charge >= 0.3 is 0 Å². The van der Waals surface area contributed by atoms with E-state index in [1.165, 1.54) is 4.90 Å². The Morgan fingerprint density at radius 3 is 2.39 bits per heavy atom. The van der Waals surface area contributed by atoms with Crippen LogP contribution in [0.3, 0.4) is 0 Å². The molecule has 1 fully saturated rings. The second-order valence-corrected chi connectivity index (χ2v) is 12.0. The van der Waals surface area contributed by atoms with Crippen molar-refractivity contribution in [3.8, 4) is 0 Å². The molecular weight excluding hydrogens is 610 g/mol. The van der Waals surface area contributed by atoms with Gasteiger partial charge in [-0.1, -0.05) is 29.4 Å². The molecule has 1 aromatic heterocycles. The largest absolute Gasteiger partial charge is 0.391 e. The zero-order valence-electron chi connectivity index (χ0n) is 27.6. The molecule has 0 aliphatic carbocycles. The number of thioether (sulfide) groups is 1. The molecule has 1 saturated heterocycles. The molecule has 0 saturated carbocycles. The van der Waals surface area contributed by atoms with Crippen LogP contribution in [0.1, 0.15) is 61.2 Å². The van der Waals surface area contributed by atoms with Crippen molar-refractivity contribution in [2.45, 2.75) is 57.7 Å². The number of hydrogen-bond donors (Lipinski definition) is 3. The summed E-state index contributed by atoms with van der Waals surface area (Å²) in [6, 6.07) is 8.49. The number of β-amino-alcohol motifs (C(OH)–C–C–N with tert-alkyl or cyclic N) is 1. The Labute approximate surface area is 276 Å². The fourth-order valence-corrected chi connectivity index (χ4v) is 5.95. The van der Waals surface area contributed by atoms with E-state index in [0.717, 1.165) is 28.3 Å². The Balaban J connectivity index is 1.59. The standard InChI is InChI=1S/C33H49N5O7S/c1-22-19-30(45-37-22)28(11-13-42-15-17-44-18-16-43-14-12-34-4)33(41)38-21-27(39)20-29(38)32(40)36-23(2)25-7-9-26(10-8-25)31(46-6)24(3)35-5/h7-10,19,23,27-29,34,39H,5,11-18,20-21H2,1-4,6H3,(H,36,40)/b31-24-/t23-,27+,28?,29-/m0/s1. The van der Waals surface area contributed by atoms with Crippen LogP contribution in [0.25, 0.3) is 4.91 Å². The summed E-state index contributed by atoms with van der Waals surface area (Å²) in [5.41, 5.74) is 3.43. The maximum atomic E-state index is 13.9. The summed E-state index contributed by atoms with van der Waals surface area (Å²) < 4.78 is 22.2. The summed E-state index contributed by atoms with van der Waals surface area (Å²) in [4.78, 5) is 34.0. The zero-order valence-corrected chi connectivity index (χ0v) is 28.4. The third kappa shape index (κ3) is 11.0. The van der Waals surface area contributed by atoms with Crippen LogP contribution in [0.5, 0.6) is 0 Å². The van der Waals surface area contributed by atoms with Crippen LogP contribution in [0.2, 0.25) is 0 Å². The van der Waals surface area contributed by atoms with E-state index in [1.54, 1.807) is 24.8 Å². The molecular formula is C33H49N5O7S. The monoisotopic (exact) mass is 659 g/mol. The minimum Gasteiger partial charge on any atom is -0.391 e. The summed E-state index contributed by atoms with van der Waals surface area (Å²) in [5.74, 6) is -0.962. The first-order valence-electron chi connectivity index (χ1n) is 15.6. The second-order valence-electron chi connectivity index (χ2n) is 11.2. The number of carbonyl (C=O) groups is 2. The number of likely N-dealkylation sites (N-methyl/N-ethyl adjacent to an activating group) is 1. The van der Waals surface area contributed by atoms with E-state index in [4.69, 9.17) is 18.7 Å². The van der Waals surface area contributed by atoms with E-state index in [0.29, 0.717) is 50.9 Å². The van der Waals surface area contributed by atoms with E-state index in [1.807, 2.05) is 51.4 Å². The van der Waals surface area contributed by atoms with Crippen molar-refractivity contribution in [3.05, 3.63) is 58.6 Å². The predicted octanol–water partition coefficient (Wildman–Crippen LogP) is 3.32. The summed E-state index contributed by atoms with van der Waals surface area (Å²) in [7, 11) is 1.87. The van der Waals surface area contributed by atoms with Crippen molar-refractivity contribution in [1.29, 1.82) is 0 Å². The highest BCUT2D eigenvalue weighted by Crippen LogP contribution is 2.31. The van der Waals surface area contributed by atoms with Crippen LogP contribution in [-0.4, -0.2) is 112 Å². The quantitative estimate of drug-likeness (QED) is 0.143. The van der Waals surface area contributed by atoms with Crippen LogP contribution in [-0.2, 0) is 23.8 Å². The van der Waals surface area contributed by atoms with E-state index in [2.05, 4.69) is 27.5 Å². The average Bonchev–Trinajstić information content (AvgIpc) is 3.67. The molecule has 1 aliphatic heterocycles. The molecule has 1 unspecified atom stereocenters. The molecule has 3 rings (SSSR count). The summed E-state index contributed by atoms with van der Waals surface area (Å²) in [5, 5.41) is 20.6. The third-order valence-electron chi connectivity index (χ3n) is 7.75. The Bertz CT molecular complexity index is 1290.